The lowest BCUT2D eigenvalue weighted by Crippen LogP contribution is -2.31. The van der Waals surface area contributed by atoms with Crippen molar-refractivity contribution in [1.29, 1.82) is 0 Å². The van der Waals surface area contributed by atoms with Crippen LogP contribution in [0.4, 0.5) is 0 Å². The molecule has 0 heterocycles. The van der Waals surface area contributed by atoms with E-state index in [1.807, 2.05) is 0 Å². The van der Waals surface area contributed by atoms with E-state index in [4.69, 9.17) is 0 Å². The SMILES string of the molecule is C=C(C)CN(C)CCNCC(C)C. The normalized spacial score (nSPS) is 11.2. The summed E-state index contributed by atoms with van der Waals surface area (Å²) in [4.78, 5) is 2.29. The Balaban J connectivity index is 3.26. The van der Waals surface area contributed by atoms with Crippen molar-refractivity contribution in [3.05, 3.63) is 12.2 Å². The Morgan fingerprint density at radius 3 is 2.54 bits per heavy atom. The predicted molar refractivity (Wildman–Crippen MR) is 60.0 cm³/mol. The highest BCUT2D eigenvalue weighted by molar-refractivity contribution is 4.90. The molecule has 0 unspecified atom stereocenters. The van der Waals surface area contributed by atoms with Crippen LogP contribution in [-0.4, -0.2) is 38.1 Å². The summed E-state index contributed by atoms with van der Waals surface area (Å²) >= 11 is 0. The van der Waals surface area contributed by atoms with Crippen LogP contribution in [0.15, 0.2) is 12.2 Å². The Morgan fingerprint density at radius 2 is 2.08 bits per heavy atom. The van der Waals surface area contributed by atoms with Crippen LogP contribution >= 0.6 is 0 Å². The molecule has 2 nitrogen and oxygen atoms in total. The van der Waals surface area contributed by atoms with Crippen LogP contribution in [0.5, 0.6) is 0 Å². The fourth-order valence-electron chi connectivity index (χ4n) is 1.20. The van der Waals surface area contributed by atoms with Gasteiger partial charge in [0.05, 0.1) is 0 Å². The van der Waals surface area contributed by atoms with Crippen LogP contribution in [0.2, 0.25) is 0 Å². The number of rotatable bonds is 7. The molecule has 13 heavy (non-hydrogen) atoms. The van der Waals surface area contributed by atoms with Crippen LogP contribution in [-0.2, 0) is 0 Å². The third-order valence-corrected chi connectivity index (χ3v) is 1.76. The number of likely N-dealkylation sites (N-methyl/N-ethyl adjacent to an activating group) is 1. The molecule has 0 aromatic carbocycles. The highest BCUT2D eigenvalue weighted by Gasteiger charge is 1.97. The van der Waals surface area contributed by atoms with Crippen LogP contribution in [0.3, 0.4) is 0 Å². The summed E-state index contributed by atoms with van der Waals surface area (Å²) in [7, 11) is 2.13. The summed E-state index contributed by atoms with van der Waals surface area (Å²) in [5.41, 5.74) is 1.23. The van der Waals surface area contributed by atoms with E-state index in [-0.39, 0.29) is 0 Å². The summed E-state index contributed by atoms with van der Waals surface area (Å²) in [6, 6.07) is 0. The van der Waals surface area contributed by atoms with Gasteiger partial charge in [-0.2, -0.15) is 0 Å². The van der Waals surface area contributed by atoms with Crippen molar-refractivity contribution in [3.63, 3.8) is 0 Å². The lowest BCUT2D eigenvalue weighted by atomic mass is 10.2. The van der Waals surface area contributed by atoms with E-state index in [0.717, 1.165) is 32.1 Å². The van der Waals surface area contributed by atoms with Gasteiger partial charge in [-0.25, -0.2) is 0 Å². The molecule has 0 radical (unpaired) electrons. The van der Waals surface area contributed by atoms with E-state index < -0.39 is 0 Å². The second-order valence-corrected chi connectivity index (χ2v) is 4.29. The minimum atomic E-state index is 0.742. The standard InChI is InChI=1S/C11H24N2/c1-10(2)8-12-6-7-13(5)9-11(3)4/h10,12H,3,6-9H2,1-2,4-5H3. The molecule has 0 saturated carbocycles. The van der Waals surface area contributed by atoms with Crippen molar-refractivity contribution >= 4 is 0 Å². The Hall–Kier alpha value is -0.340. The molecule has 0 atom stereocenters. The van der Waals surface area contributed by atoms with Crippen LogP contribution < -0.4 is 5.32 Å². The molecular weight excluding hydrogens is 160 g/mol. The maximum Gasteiger partial charge on any atom is 0.0184 e. The second-order valence-electron chi connectivity index (χ2n) is 4.29. The summed E-state index contributed by atoms with van der Waals surface area (Å²) in [6.07, 6.45) is 0. The molecular formula is C11H24N2. The van der Waals surface area contributed by atoms with Gasteiger partial charge < -0.3 is 10.2 Å². The maximum absolute atomic E-state index is 3.89. The Labute approximate surface area is 83.0 Å². The first-order chi connectivity index (χ1) is 6.02. The first kappa shape index (κ1) is 12.7. The summed E-state index contributed by atoms with van der Waals surface area (Å²) in [6.45, 7) is 14.7. The topological polar surface area (TPSA) is 15.3 Å². The van der Waals surface area contributed by atoms with Crippen molar-refractivity contribution in [3.8, 4) is 0 Å². The molecule has 0 aliphatic rings. The van der Waals surface area contributed by atoms with Gasteiger partial charge in [0.1, 0.15) is 0 Å². The molecule has 1 N–H and O–H groups in total. The molecule has 0 spiro atoms. The Bertz CT molecular complexity index is 141. The van der Waals surface area contributed by atoms with Gasteiger partial charge in [-0.1, -0.05) is 26.0 Å². The molecule has 0 fully saturated rings. The third-order valence-electron chi connectivity index (χ3n) is 1.76. The molecule has 0 aliphatic heterocycles. The Morgan fingerprint density at radius 1 is 1.46 bits per heavy atom. The minimum absolute atomic E-state index is 0.742. The van der Waals surface area contributed by atoms with Crippen molar-refractivity contribution in [1.82, 2.24) is 10.2 Å². The number of hydrogen-bond donors (Lipinski definition) is 1. The van der Waals surface area contributed by atoms with Gasteiger partial charge in [0, 0.05) is 19.6 Å². The van der Waals surface area contributed by atoms with Crippen LogP contribution in [0, 0.1) is 5.92 Å². The first-order valence-corrected chi connectivity index (χ1v) is 5.06. The van der Waals surface area contributed by atoms with Gasteiger partial charge >= 0.3 is 0 Å². The summed E-state index contributed by atoms with van der Waals surface area (Å²) in [5, 5.41) is 3.42. The van der Waals surface area contributed by atoms with Gasteiger partial charge in [0.15, 0.2) is 0 Å². The fraction of sp³-hybridized carbons (Fsp3) is 0.818. The molecule has 0 bridgehead atoms. The number of hydrogen-bond acceptors (Lipinski definition) is 2. The molecule has 0 aromatic heterocycles. The van der Waals surface area contributed by atoms with Gasteiger partial charge in [0.2, 0.25) is 0 Å². The number of nitrogens with zero attached hydrogens (tertiary/aromatic N) is 1. The predicted octanol–water partition coefficient (Wildman–Crippen LogP) is 1.74. The van der Waals surface area contributed by atoms with Gasteiger partial charge in [0.25, 0.3) is 0 Å². The van der Waals surface area contributed by atoms with E-state index in [9.17, 15) is 0 Å². The largest absolute Gasteiger partial charge is 0.315 e. The maximum atomic E-state index is 3.89. The highest BCUT2D eigenvalue weighted by atomic mass is 15.1. The lowest BCUT2D eigenvalue weighted by molar-refractivity contribution is 0.354. The Kier molecular flexibility index (Phi) is 6.92. The van der Waals surface area contributed by atoms with E-state index in [1.165, 1.54) is 5.57 Å². The zero-order chi connectivity index (χ0) is 10.3. The first-order valence-electron chi connectivity index (χ1n) is 5.06. The highest BCUT2D eigenvalue weighted by Crippen LogP contribution is 1.91. The van der Waals surface area contributed by atoms with E-state index >= 15 is 0 Å². The molecule has 0 rings (SSSR count). The minimum Gasteiger partial charge on any atom is -0.315 e. The van der Waals surface area contributed by atoms with E-state index in [1.54, 1.807) is 0 Å². The quantitative estimate of drug-likeness (QED) is 0.479. The molecule has 2 heteroatoms. The molecule has 0 amide bonds. The van der Waals surface area contributed by atoms with E-state index in [0.29, 0.717) is 0 Å². The third kappa shape index (κ3) is 9.57. The number of nitrogens with one attached hydrogen (secondary N) is 1. The van der Waals surface area contributed by atoms with Crippen molar-refractivity contribution in [2.75, 3.05) is 33.2 Å². The molecule has 0 aliphatic carbocycles. The van der Waals surface area contributed by atoms with Gasteiger partial charge in [-0.3, -0.25) is 0 Å². The van der Waals surface area contributed by atoms with Crippen molar-refractivity contribution < 1.29 is 0 Å². The zero-order valence-corrected chi connectivity index (χ0v) is 9.56. The molecule has 0 aromatic rings. The smallest absolute Gasteiger partial charge is 0.0184 e. The van der Waals surface area contributed by atoms with Crippen LogP contribution in [0.1, 0.15) is 20.8 Å². The van der Waals surface area contributed by atoms with E-state index in [2.05, 4.69) is 44.6 Å². The molecule has 78 valence electrons. The van der Waals surface area contributed by atoms with Gasteiger partial charge in [-0.15, -0.1) is 0 Å². The molecule has 0 saturated heterocycles. The lowest BCUT2D eigenvalue weighted by Gasteiger charge is -2.17. The second kappa shape index (κ2) is 7.10. The fourth-order valence-corrected chi connectivity index (χ4v) is 1.20. The van der Waals surface area contributed by atoms with Crippen molar-refractivity contribution in [2.24, 2.45) is 5.92 Å². The average Bonchev–Trinajstić information content (AvgIpc) is 1.96. The summed E-state index contributed by atoms with van der Waals surface area (Å²) in [5.74, 6) is 0.742. The zero-order valence-electron chi connectivity index (χ0n) is 9.56. The van der Waals surface area contributed by atoms with Crippen molar-refractivity contribution in [2.45, 2.75) is 20.8 Å². The summed E-state index contributed by atoms with van der Waals surface area (Å²) < 4.78 is 0. The average molecular weight is 184 g/mol. The monoisotopic (exact) mass is 184 g/mol. The van der Waals surface area contributed by atoms with Gasteiger partial charge in [-0.05, 0) is 26.4 Å². The van der Waals surface area contributed by atoms with Crippen LogP contribution in [0.25, 0.3) is 0 Å².